The molecule has 1 unspecified atom stereocenters. The summed E-state index contributed by atoms with van der Waals surface area (Å²) in [5.41, 5.74) is 2.86. The van der Waals surface area contributed by atoms with Crippen molar-refractivity contribution in [2.24, 2.45) is 0 Å². The molecular formula is C11H15N5. The van der Waals surface area contributed by atoms with E-state index in [9.17, 15) is 0 Å². The molecule has 0 spiro atoms. The van der Waals surface area contributed by atoms with Crippen LogP contribution in [0.15, 0.2) is 12.3 Å². The minimum Gasteiger partial charge on any atom is -0.386 e. The Labute approximate surface area is 93.7 Å². The van der Waals surface area contributed by atoms with Crippen LogP contribution in [0.1, 0.15) is 18.2 Å². The number of pyridine rings is 1. The van der Waals surface area contributed by atoms with E-state index in [4.69, 9.17) is 0 Å². The Hall–Kier alpha value is -1.62. The summed E-state index contributed by atoms with van der Waals surface area (Å²) in [6.45, 7) is 2.09. The lowest BCUT2D eigenvalue weighted by atomic mass is 10.1. The van der Waals surface area contributed by atoms with Gasteiger partial charge in [0.15, 0.2) is 5.65 Å². The Balaban J connectivity index is 2.07. The Kier molecular flexibility index (Phi) is 2.25. The van der Waals surface area contributed by atoms with Crippen molar-refractivity contribution in [3.05, 3.63) is 18.1 Å². The molecule has 0 saturated carbocycles. The summed E-state index contributed by atoms with van der Waals surface area (Å²) in [4.78, 5) is 12.2. The number of nitrogens with one attached hydrogen (secondary N) is 3. The molecule has 5 nitrogen and oxygen atoms in total. The van der Waals surface area contributed by atoms with E-state index >= 15 is 0 Å². The van der Waals surface area contributed by atoms with E-state index in [1.165, 1.54) is 0 Å². The molecule has 1 saturated heterocycles. The molecule has 0 amide bonds. The predicted molar refractivity (Wildman–Crippen MR) is 63.7 cm³/mol. The summed E-state index contributed by atoms with van der Waals surface area (Å²) in [6.07, 6.45) is 2.93. The number of hydrogen-bond donors (Lipinski definition) is 3. The molecule has 0 radical (unpaired) electrons. The van der Waals surface area contributed by atoms with Crippen molar-refractivity contribution in [1.29, 1.82) is 0 Å². The fourth-order valence-electron chi connectivity index (χ4n) is 2.22. The fourth-order valence-corrected chi connectivity index (χ4v) is 2.22. The first-order valence-electron chi connectivity index (χ1n) is 5.61. The number of imidazole rings is 1. The first kappa shape index (κ1) is 9.59. The van der Waals surface area contributed by atoms with Crippen molar-refractivity contribution < 1.29 is 0 Å². The van der Waals surface area contributed by atoms with Crippen molar-refractivity contribution in [2.75, 3.05) is 25.5 Å². The van der Waals surface area contributed by atoms with Gasteiger partial charge in [-0.3, -0.25) is 0 Å². The normalized spacial score (nSPS) is 20.4. The van der Waals surface area contributed by atoms with Crippen LogP contribution in [0.25, 0.3) is 11.2 Å². The van der Waals surface area contributed by atoms with Crippen LogP contribution in [0.2, 0.25) is 0 Å². The van der Waals surface area contributed by atoms with E-state index in [1.807, 2.05) is 13.1 Å². The molecule has 1 aliphatic heterocycles. The molecule has 0 bridgehead atoms. The second-order valence-electron chi connectivity index (χ2n) is 4.12. The Morgan fingerprint density at radius 3 is 3.19 bits per heavy atom. The maximum atomic E-state index is 4.56. The van der Waals surface area contributed by atoms with E-state index in [-0.39, 0.29) is 0 Å². The maximum absolute atomic E-state index is 4.56. The van der Waals surface area contributed by atoms with Gasteiger partial charge in [0.25, 0.3) is 0 Å². The van der Waals surface area contributed by atoms with Crippen LogP contribution in [0.4, 0.5) is 5.69 Å². The summed E-state index contributed by atoms with van der Waals surface area (Å²) in [5.74, 6) is 1.55. The molecule has 2 aromatic rings. The van der Waals surface area contributed by atoms with E-state index in [1.54, 1.807) is 6.20 Å². The largest absolute Gasteiger partial charge is 0.386 e. The Bertz CT molecular complexity index is 498. The zero-order valence-corrected chi connectivity index (χ0v) is 9.25. The zero-order valence-electron chi connectivity index (χ0n) is 9.25. The van der Waals surface area contributed by atoms with Crippen LogP contribution in [0, 0.1) is 0 Å². The second kappa shape index (κ2) is 3.75. The number of nitrogens with zero attached hydrogens (tertiary/aromatic N) is 2. The van der Waals surface area contributed by atoms with Crippen molar-refractivity contribution in [1.82, 2.24) is 20.3 Å². The third-order valence-electron chi connectivity index (χ3n) is 3.13. The highest BCUT2D eigenvalue weighted by atomic mass is 15.0. The van der Waals surface area contributed by atoms with Gasteiger partial charge in [-0.15, -0.1) is 0 Å². The highest BCUT2D eigenvalue weighted by molar-refractivity contribution is 5.85. The van der Waals surface area contributed by atoms with E-state index < -0.39 is 0 Å². The molecule has 1 fully saturated rings. The maximum Gasteiger partial charge on any atom is 0.179 e. The quantitative estimate of drug-likeness (QED) is 0.704. The van der Waals surface area contributed by atoms with Gasteiger partial charge in [0, 0.05) is 25.7 Å². The summed E-state index contributed by atoms with van der Waals surface area (Å²) < 4.78 is 0. The van der Waals surface area contributed by atoms with Gasteiger partial charge in [0.2, 0.25) is 0 Å². The van der Waals surface area contributed by atoms with Crippen LogP contribution in [0.5, 0.6) is 0 Å². The minimum absolute atomic E-state index is 0.499. The van der Waals surface area contributed by atoms with Gasteiger partial charge in [0.1, 0.15) is 11.3 Å². The standard InChI is InChI=1S/C11H15N5/c1-12-8-3-5-14-11-9(8)15-10(16-11)7-2-4-13-6-7/h3,5,7,13H,2,4,6H2,1H3,(H2,12,14,15,16). The van der Waals surface area contributed by atoms with Gasteiger partial charge in [-0.05, 0) is 19.0 Å². The number of fused-ring (bicyclic) bond motifs is 1. The van der Waals surface area contributed by atoms with Crippen LogP contribution in [-0.2, 0) is 0 Å². The lowest BCUT2D eigenvalue weighted by Crippen LogP contribution is -2.08. The molecule has 0 aliphatic carbocycles. The summed E-state index contributed by atoms with van der Waals surface area (Å²) in [6, 6.07) is 1.96. The van der Waals surface area contributed by atoms with E-state index in [2.05, 4.69) is 25.6 Å². The topological polar surface area (TPSA) is 65.6 Å². The summed E-state index contributed by atoms with van der Waals surface area (Å²) >= 11 is 0. The molecule has 3 heterocycles. The number of aromatic amines is 1. The van der Waals surface area contributed by atoms with Crippen LogP contribution in [0.3, 0.4) is 0 Å². The van der Waals surface area contributed by atoms with Gasteiger partial charge >= 0.3 is 0 Å². The highest BCUT2D eigenvalue weighted by Crippen LogP contribution is 2.24. The smallest absolute Gasteiger partial charge is 0.179 e. The van der Waals surface area contributed by atoms with Crippen molar-refractivity contribution in [3.63, 3.8) is 0 Å². The third-order valence-corrected chi connectivity index (χ3v) is 3.13. The molecule has 0 aromatic carbocycles. The Morgan fingerprint density at radius 2 is 2.44 bits per heavy atom. The third kappa shape index (κ3) is 1.44. The second-order valence-corrected chi connectivity index (χ2v) is 4.12. The summed E-state index contributed by atoms with van der Waals surface area (Å²) in [7, 11) is 1.91. The van der Waals surface area contributed by atoms with Gasteiger partial charge < -0.3 is 15.6 Å². The van der Waals surface area contributed by atoms with Crippen molar-refractivity contribution in [3.8, 4) is 0 Å². The number of hydrogen-bond acceptors (Lipinski definition) is 4. The molecule has 3 rings (SSSR count). The van der Waals surface area contributed by atoms with Gasteiger partial charge in [-0.1, -0.05) is 0 Å². The lowest BCUT2D eigenvalue weighted by molar-refractivity contribution is 0.717. The lowest BCUT2D eigenvalue weighted by Gasteiger charge is -2.02. The average Bonchev–Trinajstić information content (AvgIpc) is 2.96. The van der Waals surface area contributed by atoms with Crippen LogP contribution >= 0.6 is 0 Å². The Morgan fingerprint density at radius 1 is 1.50 bits per heavy atom. The van der Waals surface area contributed by atoms with Gasteiger partial charge in [-0.2, -0.15) is 0 Å². The van der Waals surface area contributed by atoms with Crippen LogP contribution in [-0.4, -0.2) is 35.1 Å². The van der Waals surface area contributed by atoms with Gasteiger partial charge in [0.05, 0.1) is 5.69 Å². The number of aromatic nitrogens is 3. The predicted octanol–water partition coefficient (Wildman–Crippen LogP) is 1.08. The van der Waals surface area contributed by atoms with E-state index in [0.717, 1.165) is 42.2 Å². The highest BCUT2D eigenvalue weighted by Gasteiger charge is 2.20. The first-order valence-corrected chi connectivity index (χ1v) is 5.61. The molecule has 3 N–H and O–H groups in total. The average molecular weight is 217 g/mol. The number of rotatable bonds is 2. The van der Waals surface area contributed by atoms with Crippen molar-refractivity contribution >= 4 is 16.9 Å². The molecule has 1 atom stereocenters. The monoisotopic (exact) mass is 217 g/mol. The molecule has 2 aromatic heterocycles. The fraction of sp³-hybridized carbons (Fsp3) is 0.455. The first-order chi connectivity index (χ1) is 7.88. The van der Waals surface area contributed by atoms with Gasteiger partial charge in [-0.25, -0.2) is 9.97 Å². The number of anilines is 1. The molecule has 5 heteroatoms. The molecule has 1 aliphatic rings. The summed E-state index contributed by atoms with van der Waals surface area (Å²) in [5, 5.41) is 6.49. The molecule has 16 heavy (non-hydrogen) atoms. The van der Waals surface area contributed by atoms with Crippen molar-refractivity contribution in [2.45, 2.75) is 12.3 Å². The van der Waals surface area contributed by atoms with E-state index in [0.29, 0.717) is 5.92 Å². The zero-order chi connectivity index (χ0) is 11.0. The molecular weight excluding hydrogens is 202 g/mol. The number of H-pyrrole nitrogens is 1. The van der Waals surface area contributed by atoms with Crippen LogP contribution < -0.4 is 10.6 Å². The molecule has 84 valence electrons. The minimum atomic E-state index is 0.499. The SMILES string of the molecule is CNc1ccnc2nc(C3CCNC3)[nH]c12.